The number of amides is 1. The van der Waals surface area contributed by atoms with E-state index in [4.69, 9.17) is 11.6 Å². The highest BCUT2D eigenvalue weighted by atomic mass is 79.9. The average Bonchev–Trinajstić information content (AvgIpc) is 2.41. The molecule has 1 saturated heterocycles. The van der Waals surface area contributed by atoms with Crippen LogP contribution in [-0.4, -0.2) is 29.3 Å². The maximum atomic E-state index is 12.5. The van der Waals surface area contributed by atoms with Crippen LogP contribution in [0.4, 0.5) is 0 Å². The molecule has 1 aliphatic heterocycles. The minimum absolute atomic E-state index is 0.107. The molecule has 1 aromatic carbocycles. The smallest absolute Gasteiger partial charge is 0.254 e. The Bertz CT molecular complexity index is 449. The molecule has 1 unspecified atom stereocenters. The summed E-state index contributed by atoms with van der Waals surface area (Å²) in [6, 6.07) is 5.94. The molecule has 0 radical (unpaired) electrons. The van der Waals surface area contributed by atoms with Gasteiger partial charge < -0.3 is 4.90 Å². The second-order valence-electron chi connectivity index (χ2n) is 4.77. The fourth-order valence-electron chi connectivity index (χ4n) is 2.37. The fraction of sp³-hybridized carbons (Fsp3) is 0.500. The Kier molecular flexibility index (Phi) is 4.68. The molecule has 4 heteroatoms. The van der Waals surface area contributed by atoms with Gasteiger partial charge in [-0.15, -0.1) is 11.6 Å². The van der Waals surface area contributed by atoms with Gasteiger partial charge in [-0.25, -0.2) is 0 Å². The maximum Gasteiger partial charge on any atom is 0.254 e. The van der Waals surface area contributed by atoms with E-state index in [1.54, 1.807) is 0 Å². The zero-order valence-electron chi connectivity index (χ0n) is 10.5. The molecule has 0 aromatic heterocycles. The lowest BCUT2D eigenvalue weighted by Gasteiger charge is -2.34. The first-order valence-corrected chi connectivity index (χ1v) is 7.59. The lowest BCUT2D eigenvalue weighted by atomic mass is 10.0. The topological polar surface area (TPSA) is 20.3 Å². The van der Waals surface area contributed by atoms with Crippen LogP contribution >= 0.6 is 27.5 Å². The highest BCUT2D eigenvalue weighted by Crippen LogP contribution is 2.23. The Hall–Kier alpha value is -0.540. The van der Waals surface area contributed by atoms with Crippen molar-refractivity contribution in [1.29, 1.82) is 0 Å². The number of hydrogen-bond acceptors (Lipinski definition) is 1. The van der Waals surface area contributed by atoms with Crippen LogP contribution in [0.5, 0.6) is 0 Å². The molecule has 98 valence electrons. The quantitative estimate of drug-likeness (QED) is 0.751. The van der Waals surface area contributed by atoms with Crippen molar-refractivity contribution in [2.45, 2.75) is 32.2 Å². The number of piperidine rings is 1. The van der Waals surface area contributed by atoms with Crippen molar-refractivity contribution < 1.29 is 4.79 Å². The first-order chi connectivity index (χ1) is 8.63. The van der Waals surface area contributed by atoms with Gasteiger partial charge in [0.15, 0.2) is 0 Å². The summed E-state index contributed by atoms with van der Waals surface area (Å²) in [5.74, 6) is 0.636. The Morgan fingerprint density at radius 1 is 1.50 bits per heavy atom. The number of carbonyl (C=O) groups excluding carboxylic acids is 1. The molecule has 1 fully saturated rings. The number of hydrogen-bond donors (Lipinski definition) is 0. The van der Waals surface area contributed by atoms with Gasteiger partial charge in [0.25, 0.3) is 5.91 Å². The number of rotatable bonds is 2. The van der Waals surface area contributed by atoms with Crippen LogP contribution in [-0.2, 0) is 0 Å². The van der Waals surface area contributed by atoms with Gasteiger partial charge in [-0.2, -0.15) is 0 Å². The minimum Gasteiger partial charge on any atom is -0.334 e. The normalized spacial score (nSPS) is 19.9. The molecule has 2 nitrogen and oxygen atoms in total. The lowest BCUT2D eigenvalue weighted by Crippen LogP contribution is -2.44. The van der Waals surface area contributed by atoms with Crippen LogP contribution in [0.2, 0.25) is 0 Å². The number of nitrogens with zero attached hydrogens (tertiary/aromatic N) is 1. The van der Waals surface area contributed by atoms with Gasteiger partial charge in [0.1, 0.15) is 0 Å². The zero-order valence-corrected chi connectivity index (χ0v) is 12.8. The number of aryl methyl sites for hydroxylation is 1. The Labute approximate surface area is 121 Å². The van der Waals surface area contributed by atoms with Crippen LogP contribution in [0.1, 0.15) is 35.2 Å². The van der Waals surface area contributed by atoms with E-state index in [2.05, 4.69) is 15.9 Å². The number of benzene rings is 1. The van der Waals surface area contributed by atoms with Crippen molar-refractivity contribution in [3.8, 4) is 0 Å². The van der Waals surface area contributed by atoms with Gasteiger partial charge in [0, 0.05) is 28.5 Å². The Morgan fingerprint density at radius 2 is 2.28 bits per heavy atom. The molecular weight excluding hydrogens is 314 g/mol. The summed E-state index contributed by atoms with van der Waals surface area (Å²) >= 11 is 9.42. The summed E-state index contributed by atoms with van der Waals surface area (Å²) in [7, 11) is 0. The van der Waals surface area contributed by atoms with Crippen molar-refractivity contribution in [2.75, 3.05) is 12.4 Å². The number of likely N-dealkylation sites (tertiary alicyclic amines) is 1. The van der Waals surface area contributed by atoms with Gasteiger partial charge in [-0.3, -0.25) is 4.79 Å². The first kappa shape index (κ1) is 13.9. The second-order valence-corrected chi connectivity index (χ2v) is 5.93. The lowest BCUT2D eigenvalue weighted by molar-refractivity contribution is 0.0639. The van der Waals surface area contributed by atoms with Gasteiger partial charge in [0.2, 0.25) is 0 Å². The van der Waals surface area contributed by atoms with Crippen LogP contribution in [0.25, 0.3) is 0 Å². The van der Waals surface area contributed by atoms with E-state index < -0.39 is 0 Å². The van der Waals surface area contributed by atoms with Gasteiger partial charge in [-0.1, -0.05) is 15.9 Å². The Morgan fingerprint density at radius 3 is 2.94 bits per heavy atom. The molecular formula is C14H17BrClNO. The summed E-state index contributed by atoms with van der Waals surface area (Å²) in [5.41, 5.74) is 1.84. The molecule has 1 aliphatic rings. The predicted molar refractivity (Wildman–Crippen MR) is 78.3 cm³/mol. The molecule has 0 saturated carbocycles. The summed E-state index contributed by atoms with van der Waals surface area (Å²) in [5, 5.41) is 0. The third-order valence-electron chi connectivity index (χ3n) is 3.47. The highest BCUT2D eigenvalue weighted by molar-refractivity contribution is 9.10. The summed E-state index contributed by atoms with van der Waals surface area (Å²) in [6.45, 7) is 2.82. The summed E-state index contributed by atoms with van der Waals surface area (Å²) < 4.78 is 1.03. The van der Waals surface area contributed by atoms with Crippen LogP contribution in [0.3, 0.4) is 0 Å². The standard InChI is InChI=1S/C14H17BrClNO/c1-10-8-11(5-6-13(10)15)14(18)17-7-3-2-4-12(17)9-16/h5-6,8,12H,2-4,7,9H2,1H3. The van der Waals surface area contributed by atoms with Crippen LogP contribution < -0.4 is 0 Å². The van der Waals surface area contributed by atoms with E-state index in [-0.39, 0.29) is 11.9 Å². The third kappa shape index (κ3) is 2.89. The van der Waals surface area contributed by atoms with E-state index in [1.165, 1.54) is 6.42 Å². The van der Waals surface area contributed by atoms with Crippen molar-refractivity contribution in [1.82, 2.24) is 4.90 Å². The molecule has 1 heterocycles. The summed E-state index contributed by atoms with van der Waals surface area (Å²) in [4.78, 5) is 14.4. The van der Waals surface area contributed by atoms with E-state index in [0.717, 1.165) is 35.0 Å². The molecule has 2 rings (SSSR count). The predicted octanol–water partition coefficient (Wildman–Crippen LogP) is 3.99. The molecule has 0 aliphatic carbocycles. The van der Waals surface area contributed by atoms with Crippen molar-refractivity contribution in [3.63, 3.8) is 0 Å². The molecule has 0 bridgehead atoms. The summed E-state index contributed by atoms with van der Waals surface area (Å²) in [6.07, 6.45) is 3.26. The molecule has 1 atom stereocenters. The third-order valence-corrected chi connectivity index (χ3v) is 4.72. The molecule has 18 heavy (non-hydrogen) atoms. The van der Waals surface area contributed by atoms with E-state index in [0.29, 0.717) is 5.88 Å². The largest absolute Gasteiger partial charge is 0.334 e. The molecule has 1 aromatic rings. The van der Waals surface area contributed by atoms with Crippen molar-refractivity contribution >= 4 is 33.4 Å². The molecule has 0 spiro atoms. The first-order valence-electron chi connectivity index (χ1n) is 6.26. The fourth-order valence-corrected chi connectivity index (χ4v) is 2.94. The second kappa shape index (κ2) is 6.07. The van der Waals surface area contributed by atoms with Crippen molar-refractivity contribution in [2.24, 2.45) is 0 Å². The van der Waals surface area contributed by atoms with Crippen LogP contribution in [0, 0.1) is 6.92 Å². The van der Waals surface area contributed by atoms with Crippen LogP contribution in [0.15, 0.2) is 22.7 Å². The van der Waals surface area contributed by atoms with E-state index in [9.17, 15) is 4.79 Å². The highest BCUT2D eigenvalue weighted by Gasteiger charge is 2.26. The van der Waals surface area contributed by atoms with Gasteiger partial charge in [-0.05, 0) is 49.9 Å². The minimum atomic E-state index is 0.107. The average molecular weight is 331 g/mol. The zero-order chi connectivity index (χ0) is 13.1. The van der Waals surface area contributed by atoms with E-state index >= 15 is 0 Å². The van der Waals surface area contributed by atoms with Gasteiger partial charge >= 0.3 is 0 Å². The van der Waals surface area contributed by atoms with Crippen molar-refractivity contribution in [3.05, 3.63) is 33.8 Å². The number of halogens is 2. The SMILES string of the molecule is Cc1cc(C(=O)N2CCCCC2CCl)ccc1Br. The molecule has 0 N–H and O–H groups in total. The number of carbonyl (C=O) groups is 1. The van der Waals surface area contributed by atoms with E-state index in [1.807, 2.05) is 30.0 Å². The van der Waals surface area contributed by atoms with Gasteiger partial charge in [0.05, 0.1) is 0 Å². The monoisotopic (exact) mass is 329 g/mol. The maximum absolute atomic E-state index is 12.5. The Balaban J connectivity index is 2.21. The number of alkyl halides is 1. The molecule has 1 amide bonds.